The van der Waals surface area contributed by atoms with Crippen molar-refractivity contribution in [2.24, 2.45) is 0 Å². The Morgan fingerprint density at radius 3 is 2.50 bits per heavy atom. The van der Waals surface area contributed by atoms with Gasteiger partial charge in [-0.2, -0.15) is 4.39 Å². The molecule has 0 saturated heterocycles. The summed E-state index contributed by atoms with van der Waals surface area (Å²) >= 11 is 0. The van der Waals surface area contributed by atoms with Gasteiger partial charge in [0.1, 0.15) is 0 Å². The second-order valence-corrected chi connectivity index (χ2v) is 6.40. The van der Waals surface area contributed by atoms with Crippen LogP contribution in [0.1, 0.15) is 50.6 Å². The SMILES string of the molecule is CO[C@@H]1CC[C@H](n2c(F)c(C(C)C)c3ccccc3c2=O)C1. The number of methoxy groups -OCH3 is 1. The number of fused-ring (bicyclic) bond motifs is 1. The van der Waals surface area contributed by atoms with Crippen molar-refractivity contribution in [3.63, 3.8) is 0 Å². The van der Waals surface area contributed by atoms with Crippen LogP contribution in [0.2, 0.25) is 0 Å². The van der Waals surface area contributed by atoms with Gasteiger partial charge in [-0.05, 0) is 36.6 Å². The standard InChI is InChI=1S/C18H22FNO2/c1-11(2)16-14-6-4-5-7-15(14)18(21)20(17(16)19)12-8-9-13(10-12)22-3/h4-7,11-13H,8-10H2,1-3H3/t12-,13+/m0/s1. The molecule has 1 aromatic heterocycles. The Morgan fingerprint density at radius 2 is 1.91 bits per heavy atom. The van der Waals surface area contributed by atoms with Crippen LogP contribution < -0.4 is 5.56 Å². The fraction of sp³-hybridized carbons (Fsp3) is 0.500. The van der Waals surface area contributed by atoms with Crippen molar-refractivity contribution < 1.29 is 9.13 Å². The molecule has 1 fully saturated rings. The maximum absolute atomic E-state index is 15.1. The lowest BCUT2D eigenvalue weighted by atomic mass is 9.97. The van der Waals surface area contributed by atoms with Crippen molar-refractivity contribution in [2.45, 2.75) is 51.2 Å². The normalized spacial score (nSPS) is 21.9. The molecule has 0 spiro atoms. The number of rotatable bonds is 3. The molecule has 0 radical (unpaired) electrons. The molecule has 0 N–H and O–H groups in total. The van der Waals surface area contributed by atoms with E-state index in [-0.39, 0.29) is 29.6 Å². The first-order chi connectivity index (χ1) is 10.5. The maximum atomic E-state index is 15.1. The van der Waals surface area contributed by atoms with Gasteiger partial charge < -0.3 is 4.74 Å². The van der Waals surface area contributed by atoms with E-state index in [1.165, 1.54) is 4.57 Å². The van der Waals surface area contributed by atoms with Gasteiger partial charge in [0.05, 0.1) is 6.10 Å². The number of nitrogens with zero attached hydrogens (tertiary/aromatic N) is 1. The molecule has 3 rings (SSSR count). The number of pyridine rings is 1. The van der Waals surface area contributed by atoms with E-state index in [4.69, 9.17) is 4.74 Å². The molecule has 2 atom stereocenters. The molecule has 3 nitrogen and oxygen atoms in total. The lowest BCUT2D eigenvalue weighted by Gasteiger charge is -2.21. The fourth-order valence-corrected chi connectivity index (χ4v) is 3.61. The first-order valence-electron chi connectivity index (χ1n) is 7.90. The number of ether oxygens (including phenoxy) is 1. The maximum Gasteiger partial charge on any atom is 0.260 e. The molecule has 1 aliphatic carbocycles. The highest BCUT2D eigenvalue weighted by molar-refractivity contribution is 5.85. The summed E-state index contributed by atoms with van der Waals surface area (Å²) < 4.78 is 21.9. The summed E-state index contributed by atoms with van der Waals surface area (Å²) in [6.07, 6.45) is 2.47. The summed E-state index contributed by atoms with van der Waals surface area (Å²) in [5.74, 6) is -0.350. The van der Waals surface area contributed by atoms with Crippen molar-refractivity contribution in [1.82, 2.24) is 4.57 Å². The average molecular weight is 303 g/mol. The quantitative estimate of drug-likeness (QED) is 0.802. The Bertz CT molecular complexity index is 751. The first-order valence-corrected chi connectivity index (χ1v) is 7.90. The Kier molecular flexibility index (Phi) is 4.04. The molecule has 22 heavy (non-hydrogen) atoms. The molecule has 4 heteroatoms. The van der Waals surface area contributed by atoms with Crippen molar-refractivity contribution in [1.29, 1.82) is 0 Å². The van der Waals surface area contributed by atoms with Crippen LogP contribution in [0, 0.1) is 5.95 Å². The van der Waals surface area contributed by atoms with Gasteiger partial charge >= 0.3 is 0 Å². The van der Waals surface area contributed by atoms with E-state index >= 15 is 4.39 Å². The highest BCUT2D eigenvalue weighted by Crippen LogP contribution is 2.34. The third-order valence-corrected chi connectivity index (χ3v) is 4.73. The summed E-state index contributed by atoms with van der Waals surface area (Å²) in [6, 6.07) is 7.21. The topological polar surface area (TPSA) is 31.2 Å². The Balaban J connectivity index is 2.25. The third kappa shape index (κ3) is 2.35. The molecule has 2 aromatic rings. The highest BCUT2D eigenvalue weighted by atomic mass is 19.1. The summed E-state index contributed by atoms with van der Waals surface area (Å²) in [5.41, 5.74) is 0.412. The Labute approximate surface area is 129 Å². The molecule has 1 heterocycles. The van der Waals surface area contributed by atoms with Gasteiger partial charge in [0.15, 0.2) is 0 Å². The van der Waals surface area contributed by atoms with Crippen LogP contribution in [-0.2, 0) is 4.74 Å². The predicted molar refractivity (Wildman–Crippen MR) is 85.9 cm³/mol. The first kappa shape index (κ1) is 15.2. The molecule has 118 valence electrons. The van der Waals surface area contributed by atoms with Crippen molar-refractivity contribution in [3.8, 4) is 0 Å². The Hall–Kier alpha value is -1.68. The van der Waals surface area contributed by atoms with Crippen LogP contribution in [0.15, 0.2) is 29.1 Å². The molecule has 1 aromatic carbocycles. The molecule has 1 aliphatic rings. The predicted octanol–water partition coefficient (Wildman–Crippen LogP) is 4.00. The highest BCUT2D eigenvalue weighted by Gasteiger charge is 2.30. The number of hydrogen-bond acceptors (Lipinski definition) is 2. The minimum atomic E-state index is -0.375. The van der Waals surface area contributed by atoms with E-state index in [1.807, 2.05) is 32.0 Å². The van der Waals surface area contributed by atoms with E-state index < -0.39 is 0 Å². The molecular weight excluding hydrogens is 281 g/mol. The van der Waals surface area contributed by atoms with Crippen molar-refractivity contribution >= 4 is 10.8 Å². The van der Waals surface area contributed by atoms with E-state index in [2.05, 4.69) is 0 Å². The zero-order valence-corrected chi connectivity index (χ0v) is 13.3. The summed E-state index contributed by atoms with van der Waals surface area (Å²) in [5, 5.41) is 1.34. The molecule has 0 bridgehead atoms. The Morgan fingerprint density at radius 1 is 1.23 bits per heavy atom. The molecule has 0 unspecified atom stereocenters. The summed E-state index contributed by atoms with van der Waals surface area (Å²) in [6.45, 7) is 3.93. The van der Waals surface area contributed by atoms with E-state index in [0.717, 1.165) is 18.2 Å². The van der Waals surface area contributed by atoms with Gasteiger partial charge in [-0.15, -0.1) is 0 Å². The van der Waals surface area contributed by atoms with Crippen LogP contribution in [0.3, 0.4) is 0 Å². The second-order valence-electron chi connectivity index (χ2n) is 6.40. The van der Waals surface area contributed by atoms with Crippen molar-refractivity contribution in [2.75, 3.05) is 7.11 Å². The number of halogens is 1. The lowest BCUT2D eigenvalue weighted by Crippen LogP contribution is -2.28. The van der Waals surface area contributed by atoms with Gasteiger partial charge in [0.2, 0.25) is 5.95 Å². The van der Waals surface area contributed by atoms with Crippen molar-refractivity contribution in [3.05, 3.63) is 46.1 Å². The second kappa shape index (κ2) is 5.84. The van der Waals surface area contributed by atoms with Gasteiger partial charge in [-0.3, -0.25) is 9.36 Å². The lowest BCUT2D eigenvalue weighted by molar-refractivity contribution is 0.105. The molecule has 1 saturated carbocycles. The van der Waals surface area contributed by atoms with Crippen LogP contribution in [0.25, 0.3) is 10.8 Å². The van der Waals surface area contributed by atoms with Crippen LogP contribution in [0.4, 0.5) is 4.39 Å². The number of benzene rings is 1. The van der Waals surface area contributed by atoms with Gasteiger partial charge in [-0.1, -0.05) is 32.0 Å². The number of hydrogen-bond donors (Lipinski definition) is 0. The van der Waals surface area contributed by atoms with E-state index in [0.29, 0.717) is 17.4 Å². The largest absolute Gasteiger partial charge is 0.381 e. The van der Waals surface area contributed by atoms with Crippen LogP contribution in [-0.4, -0.2) is 17.8 Å². The molecule has 0 amide bonds. The molecular formula is C18H22FNO2. The van der Waals surface area contributed by atoms with Gasteiger partial charge in [-0.25, -0.2) is 0 Å². The smallest absolute Gasteiger partial charge is 0.260 e. The zero-order chi connectivity index (χ0) is 15.9. The summed E-state index contributed by atoms with van der Waals surface area (Å²) in [7, 11) is 1.67. The fourth-order valence-electron chi connectivity index (χ4n) is 3.61. The third-order valence-electron chi connectivity index (χ3n) is 4.73. The van der Waals surface area contributed by atoms with Gasteiger partial charge in [0, 0.05) is 24.1 Å². The summed E-state index contributed by atoms with van der Waals surface area (Å²) in [4.78, 5) is 12.8. The van der Waals surface area contributed by atoms with Crippen LogP contribution >= 0.6 is 0 Å². The average Bonchev–Trinajstić information content (AvgIpc) is 2.96. The minimum absolute atomic E-state index is 0.0244. The minimum Gasteiger partial charge on any atom is -0.381 e. The monoisotopic (exact) mass is 303 g/mol. The van der Waals surface area contributed by atoms with Crippen LogP contribution in [0.5, 0.6) is 0 Å². The van der Waals surface area contributed by atoms with Gasteiger partial charge in [0.25, 0.3) is 5.56 Å². The van der Waals surface area contributed by atoms with E-state index in [1.54, 1.807) is 13.2 Å². The van der Waals surface area contributed by atoms with E-state index in [9.17, 15) is 4.79 Å². The molecule has 0 aliphatic heterocycles. The number of aromatic nitrogens is 1. The zero-order valence-electron chi connectivity index (χ0n) is 13.3.